The topological polar surface area (TPSA) is 80.1 Å². The molecule has 4 aromatic rings. The van der Waals surface area contributed by atoms with Crippen LogP contribution < -0.4 is 18.9 Å². The van der Waals surface area contributed by atoms with Crippen molar-refractivity contribution >= 4 is 6.08 Å². The quantitative estimate of drug-likeness (QED) is 0.155. The van der Waals surface area contributed by atoms with Crippen molar-refractivity contribution in [2.24, 2.45) is 0 Å². The van der Waals surface area contributed by atoms with Crippen LogP contribution in [0.4, 0.5) is 0 Å². The molecule has 0 saturated heterocycles. The summed E-state index contributed by atoms with van der Waals surface area (Å²) in [5, 5.41) is 11.9. The van der Waals surface area contributed by atoms with E-state index in [2.05, 4.69) is 0 Å². The van der Waals surface area contributed by atoms with Gasteiger partial charge in [0.05, 0.1) is 25.6 Å². The molecule has 0 unspecified atom stereocenters. The van der Waals surface area contributed by atoms with Gasteiger partial charge in [0.1, 0.15) is 13.2 Å². The molecule has 0 fully saturated rings. The van der Waals surface area contributed by atoms with Gasteiger partial charge in [-0.25, -0.2) is 0 Å². The van der Waals surface area contributed by atoms with Crippen LogP contribution in [0.3, 0.4) is 0 Å². The van der Waals surface area contributed by atoms with Crippen molar-refractivity contribution in [2.45, 2.75) is 19.6 Å². The third-order valence-electron chi connectivity index (χ3n) is 5.84. The van der Waals surface area contributed by atoms with Gasteiger partial charge in [-0.05, 0) is 46.5 Å². The lowest BCUT2D eigenvalue weighted by Crippen LogP contribution is -2.04. The molecule has 0 bridgehead atoms. The summed E-state index contributed by atoms with van der Waals surface area (Å²) in [7, 11) is 3.11. The van der Waals surface area contributed by atoms with Crippen LogP contribution in [0.15, 0.2) is 103 Å². The maximum absolute atomic E-state index is 11.9. The molecule has 0 atom stereocenters. The van der Waals surface area contributed by atoms with Gasteiger partial charge < -0.3 is 18.9 Å². The minimum absolute atomic E-state index is 0.0317. The highest BCUT2D eigenvalue weighted by Gasteiger charge is 2.16. The molecular formula is C31H29NO6. The minimum atomic E-state index is -0.374. The molecule has 0 aliphatic carbocycles. The van der Waals surface area contributed by atoms with Crippen LogP contribution in [0.1, 0.15) is 22.3 Å². The summed E-state index contributed by atoms with van der Waals surface area (Å²) in [6.07, 6.45) is 1.64. The summed E-state index contributed by atoms with van der Waals surface area (Å²) in [6.45, 7) is 0.746. The predicted molar refractivity (Wildman–Crippen MR) is 146 cm³/mol. The van der Waals surface area contributed by atoms with Gasteiger partial charge >= 0.3 is 0 Å². The summed E-state index contributed by atoms with van der Waals surface area (Å²) in [6, 6.07) is 30.2. The first-order chi connectivity index (χ1) is 18.6. The van der Waals surface area contributed by atoms with E-state index in [-0.39, 0.29) is 17.0 Å². The van der Waals surface area contributed by atoms with Crippen LogP contribution in [0.5, 0.6) is 23.0 Å². The SMILES string of the molecule is COc1cc(C=C(Cc2ccc(OC)c(OCc3ccccc3)c2)[N+](=O)[O-])ccc1OCc1ccccc1. The predicted octanol–water partition coefficient (Wildman–Crippen LogP) is 6.72. The van der Waals surface area contributed by atoms with Crippen LogP contribution in [0.25, 0.3) is 6.08 Å². The lowest BCUT2D eigenvalue weighted by molar-refractivity contribution is -0.425. The zero-order chi connectivity index (χ0) is 26.7. The van der Waals surface area contributed by atoms with Gasteiger partial charge in [-0.15, -0.1) is 0 Å². The number of benzene rings is 4. The molecule has 38 heavy (non-hydrogen) atoms. The summed E-state index contributed by atoms with van der Waals surface area (Å²) < 4.78 is 22.8. The second-order valence-electron chi connectivity index (χ2n) is 8.51. The number of nitrogens with zero attached hydrogens (tertiary/aromatic N) is 1. The first-order valence-corrected chi connectivity index (χ1v) is 12.1. The van der Waals surface area contributed by atoms with Crippen LogP contribution >= 0.6 is 0 Å². The van der Waals surface area contributed by atoms with Gasteiger partial charge in [0.2, 0.25) is 0 Å². The van der Waals surface area contributed by atoms with Crippen LogP contribution in [0.2, 0.25) is 0 Å². The van der Waals surface area contributed by atoms with Crippen LogP contribution in [-0.4, -0.2) is 19.1 Å². The molecule has 7 nitrogen and oxygen atoms in total. The molecule has 0 aliphatic heterocycles. The number of hydrogen-bond donors (Lipinski definition) is 0. The Morgan fingerprint density at radius 2 is 1.26 bits per heavy atom. The summed E-state index contributed by atoms with van der Waals surface area (Å²) in [5.74, 6) is 2.15. The van der Waals surface area contributed by atoms with Gasteiger partial charge in [0, 0.05) is 6.08 Å². The highest BCUT2D eigenvalue weighted by atomic mass is 16.6. The zero-order valence-electron chi connectivity index (χ0n) is 21.3. The van der Waals surface area contributed by atoms with Gasteiger partial charge in [0.15, 0.2) is 23.0 Å². The van der Waals surface area contributed by atoms with E-state index in [0.717, 1.165) is 16.7 Å². The van der Waals surface area contributed by atoms with E-state index >= 15 is 0 Å². The Kier molecular flexibility index (Phi) is 8.97. The molecular weight excluding hydrogens is 482 g/mol. The number of rotatable bonds is 12. The highest BCUT2D eigenvalue weighted by molar-refractivity contribution is 5.58. The number of ether oxygens (including phenoxy) is 4. The van der Waals surface area contributed by atoms with Gasteiger partial charge in [-0.2, -0.15) is 0 Å². The third kappa shape index (κ3) is 7.13. The Hall–Kier alpha value is -4.78. The Morgan fingerprint density at radius 1 is 0.684 bits per heavy atom. The smallest absolute Gasteiger partial charge is 0.251 e. The average Bonchev–Trinajstić information content (AvgIpc) is 2.96. The van der Waals surface area contributed by atoms with Crippen LogP contribution in [0, 0.1) is 10.1 Å². The molecule has 4 rings (SSSR count). The molecule has 0 aliphatic rings. The lowest BCUT2D eigenvalue weighted by Gasteiger charge is -2.13. The largest absolute Gasteiger partial charge is 0.493 e. The Bertz CT molecular complexity index is 1390. The Balaban J connectivity index is 1.51. The zero-order valence-corrected chi connectivity index (χ0v) is 21.3. The van der Waals surface area contributed by atoms with Crippen molar-refractivity contribution in [3.8, 4) is 23.0 Å². The lowest BCUT2D eigenvalue weighted by atomic mass is 10.1. The average molecular weight is 512 g/mol. The van der Waals surface area contributed by atoms with Crippen molar-refractivity contribution in [3.05, 3.63) is 135 Å². The maximum Gasteiger partial charge on any atom is 0.251 e. The summed E-state index contributed by atoms with van der Waals surface area (Å²) in [5.41, 5.74) is 3.43. The van der Waals surface area contributed by atoms with Gasteiger partial charge in [-0.1, -0.05) is 72.8 Å². The fourth-order valence-electron chi connectivity index (χ4n) is 3.88. The van der Waals surface area contributed by atoms with E-state index in [1.807, 2.05) is 60.7 Å². The second kappa shape index (κ2) is 13.0. The number of methoxy groups -OCH3 is 2. The Morgan fingerprint density at radius 3 is 1.84 bits per heavy atom. The normalized spacial score (nSPS) is 11.1. The van der Waals surface area contributed by atoms with Crippen molar-refractivity contribution < 1.29 is 23.9 Å². The van der Waals surface area contributed by atoms with Crippen molar-refractivity contribution in [1.82, 2.24) is 0 Å². The van der Waals surface area contributed by atoms with E-state index in [4.69, 9.17) is 18.9 Å². The van der Waals surface area contributed by atoms with E-state index < -0.39 is 0 Å². The van der Waals surface area contributed by atoms with E-state index in [9.17, 15) is 10.1 Å². The van der Waals surface area contributed by atoms with E-state index in [1.165, 1.54) is 6.08 Å². The molecule has 0 spiro atoms. The maximum atomic E-state index is 11.9. The van der Waals surface area contributed by atoms with E-state index in [0.29, 0.717) is 41.8 Å². The monoisotopic (exact) mass is 511 g/mol. The summed E-state index contributed by atoms with van der Waals surface area (Å²) in [4.78, 5) is 11.6. The fourth-order valence-corrected chi connectivity index (χ4v) is 3.88. The first-order valence-electron chi connectivity index (χ1n) is 12.1. The van der Waals surface area contributed by atoms with Crippen LogP contribution in [-0.2, 0) is 19.6 Å². The highest BCUT2D eigenvalue weighted by Crippen LogP contribution is 2.32. The number of allylic oxidation sites excluding steroid dienone is 1. The second-order valence-corrected chi connectivity index (χ2v) is 8.51. The molecule has 0 heterocycles. The molecule has 0 aromatic heterocycles. The van der Waals surface area contributed by atoms with Gasteiger partial charge in [-0.3, -0.25) is 10.1 Å². The van der Waals surface area contributed by atoms with Gasteiger partial charge in [0.25, 0.3) is 5.70 Å². The molecule has 4 aromatic carbocycles. The van der Waals surface area contributed by atoms with E-state index in [1.54, 1.807) is 50.6 Å². The Labute approximate surface area is 222 Å². The molecule has 0 amide bonds. The number of hydrogen-bond acceptors (Lipinski definition) is 6. The van der Waals surface area contributed by atoms with Crippen molar-refractivity contribution in [2.75, 3.05) is 14.2 Å². The van der Waals surface area contributed by atoms with Crippen molar-refractivity contribution in [1.29, 1.82) is 0 Å². The molecule has 194 valence electrons. The molecule has 0 radical (unpaired) electrons. The standard InChI is InChI=1S/C31H29NO6/c1-35-28-15-13-26(20-31(28)38-22-24-11-7-4-8-12-24)18-27(32(33)34)17-25-14-16-29(30(19-25)36-2)37-21-23-9-5-3-6-10-23/h3-17,19-20H,18,21-22H2,1-2H3. The first kappa shape index (κ1) is 26.3. The van der Waals surface area contributed by atoms with Crippen molar-refractivity contribution in [3.63, 3.8) is 0 Å². The minimum Gasteiger partial charge on any atom is -0.493 e. The molecule has 7 heteroatoms. The summed E-state index contributed by atoms with van der Waals surface area (Å²) >= 11 is 0. The number of nitro groups is 1. The fraction of sp³-hybridized carbons (Fsp3) is 0.161. The third-order valence-corrected chi connectivity index (χ3v) is 5.84. The molecule has 0 N–H and O–H groups in total. The molecule has 0 saturated carbocycles.